The highest BCUT2D eigenvalue weighted by molar-refractivity contribution is 6.04. The van der Waals surface area contributed by atoms with Gasteiger partial charge in [0.25, 0.3) is 5.91 Å². The van der Waals surface area contributed by atoms with E-state index in [-0.39, 0.29) is 24.0 Å². The minimum Gasteiger partial charge on any atom is -0.393 e. The van der Waals surface area contributed by atoms with E-state index in [1.807, 2.05) is 19.3 Å². The Morgan fingerprint density at radius 3 is 2.84 bits per heavy atom. The predicted molar refractivity (Wildman–Crippen MR) is 91.7 cm³/mol. The molecule has 0 saturated heterocycles. The Bertz CT molecular complexity index is 911. The molecular weight excluding hydrogens is 318 g/mol. The minimum atomic E-state index is -0.288. The molecule has 2 N–H and O–H groups in total. The van der Waals surface area contributed by atoms with E-state index in [9.17, 15) is 9.90 Å². The van der Waals surface area contributed by atoms with Crippen LogP contribution in [-0.4, -0.2) is 36.9 Å². The average Bonchev–Trinajstić information content (AvgIpc) is 3.02. The first-order valence-electron chi connectivity index (χ1n) is 8.29. The number of hydrogen-bond acceptors (Lipinski definition) is 5. The maximum atomic E-state index is 12.9. The summed E-state index contributed by atoms with van der Waals surface area (Å²) in [5.74, 6) is 0.00514. The predicted octanol–water partition coefficient (Wildman–Crippen LogP) is 1.61. The zero-order valence-electron chi connectivity index (χ0n) is 13.8. The first-order chi connectivity index (χ1) is 12.1. The lowest BCUT2D eigenvalue weighted by molar-refractivity contribution is 0.0235. The molecule has 0 spiro atoms. The highest BCUT2D eigenvalue weighted by Crippen LogP contribution is 2.38. The zero-order valence-corrected chi connectivity index (χ0v) is 13.8. The number of aryl methyl sites for hydroxylation is 1. The molecular formula is C18H19N5O2. The third kappa shape index (κ3) is 2.98. The van der Waals surface area contributed by atoms with Gasteiger partial charge in [-0.25, -0.2) is 0 Å². The Morgan fingerprint density at radius 2 is 2.12 bits per heavy atom. The lowest BCUT2D eigenvalue weighted by atomic mass is 9.75. The molecule has 1 aromatic carbocycles. The molecule has 0 radical (unpaired) electrons. The molecule has 4 rings (SSSR count). The van der Waals surface area contributed by atoms with Gasteiger partial charge in [-0.2, -0.15) is 5.10 Å². The SMILES string of the molecule is Cn1cc([C@H](NC(=O)c2cccc3nccnc23)C2CC(O)C2)cn1. The number of benzene rings is 1. The summed E-state index contributed by atoms with van der Waals surface area (Å²) in [7, 11) is 1.85. The van der Waals surface area contributed by atoms with Gasteiger partial charge in [0.05, 0.1) is 29.4 Å². The summed E-state index contributed by atoms with van der Waals surface area (Å²) < 4.78 is 1.72. The maximum absolute atomic E-state index is 12.9. The topological polar surface area (TPSA) is 92.9 Å². The molecule has 0 unspecified atom stereocenters. The van der Waals surface area contributed by atoms with Crippen molar-refractivity contribution in [2.45, 2.75) is 25.0 Å². The van der Waals surface area contributed by atoms with Gasteiger partial charge in [0, 0.05) is 31.2 Å². The van der Waals surface area contributed by atoms with Crippen molar-refractivity contribution in [2.75, 3.05) is 0 Å². The molecule has 25 heavy (non-hydrogen) atoms. The van der Waals surface area contributed by atoms with Crippen LogP contribution in [0, 0.1) is 5.92 Å². The Kier molecular flexibility index (Phi) is 3.93. The molecule has 1 aliphatic rings. The van der Waals surface area contributed by atoms with Gasteiger partial charge in [0.1, 0.15) is 5.52 Å². The van der Waals surface area contributed by atoms with Crippen molar-refractivity contribution in [1.29, 1.82) is 0 Å². The van der Waals surface area contributed by atoms with E-state index >= 15 is 0 Å². The van der Waals surface area contributed by atoms with E-state index in [1.54, 1.807) is 35.4 Å². The first kappa shape index (κ1) is 15.7. The number of nitrogens with one attached hydrogen (secondary N) is 1. The fourth-order valence-electron chi connectivity index (χ4n) is 3.37. The molecule has 1 fully saturated rings. The first-order valence-corrected chi connectivity index (χ1v) is 8.29. The smallest absolute Gasteiger partial charge is 0.254 e. The zero-order chi connectivity index (χ0) is 17.4. The third-order valence-corrected chi connectivity index (χ3v) is 4.73. The van der Waals surface area contributed by atoms with Crippen molar-refractivity contribution in [3.63, 3.8) is 0 Å². The van der Waals surface area contributed by atoms with E-state index in [0.29, 0.717) is 29.4 Å². The van der Waals surface area contributed by atoms with Gasteiger partial charge in [-0.05, 0) is 30.9 Å². The lowest BCUT2D eigenvalue weighted by Crippen LogP contribution is -2.41. The van der Waals surface area contributed by atoms with Crippen LogP contribution in [0.15, 0.2) is 43.0 Å². The molecule has 128 valence electrons. The average molecular weight is 337 g/mol. The second-order valence-electron chi connectivity index (χ2n) is 6.51. The largest absolute Gasteiger partial charge is 0.393 e. The quantitative estimate of drug-likeness (QED) is 0.754. The number of rotatable bonds is 4. The van der Waals surface area contributed by atoms with Gasteiger partial charge in [-0.1, -0.05) is 6.07 Å². The van der Waals surface area contributed by atoms with Crippen LogP contribution in [0.25, 0.3) is 11.0 Å². The van der Waals surface area contributed by atoms with Crippen molar-refractivity contribution in [2.24, 2.45) is 13.0 Å². The number of para-hydroxylation sites is 1. The van der Waals surface area contributed by atoms with Crippen LogP contribution in [0.5, 0.6) is 0 Å². The number of hydrogen-bond donors (Lipinski definition) is 2. The summed E-state index contributed by atoms with van der Waals surface area (Å²) in [6, 6.07) is 5.21. The number of aliphatic hydroxyl groups is 1. The monoisotopic (exact) mass is 337 g/mol. The number of amides is 1. The summed E-state index contributed by atoms with van der Waals surface area (Å²) in [5, 5.41) is 17.0. The van der Waals surface area contributed by atoms with E-state index in [0.717, 1.165) is 5.56 Å². The Hall–Kier alpha value is -2.80. The molecule has 1 amide bonds. The van der Waals surface area contributed by atoms with Gasteiger partial charge in [0.2, 0.25) is 0 Å². The van der Waals surface area contributed by atoms with Gasteiger partial charge in [-0.3, -0.25) is 19.4 Å². The van der Waals surface area contributed by atoms with Crippen LogP contribution in [0.4, 0.5) is 0 Å². The Morgan fingerprint density at radius 1 is 1.32 bits per heavy atom. The normalized spacial score (nSPS) is 20.9. The number of aromatic nitrogens is 4. The molecule has 2 heterocycles. The second kappa shape index (κ2) is 6.25. The maximum Gasteiger partial charge on any atom is 0.254 e. The summed E-state index contributed by atoms with van der Waals surface area (Å²) in [4.78, 5) is 21.5. The van der Waals surface area contributed by atoms with Gasteiger partial charge < -0.3 is 10.4 Å². The summed E-state index contributed by atoms with van der Waals surface area (Å²) in [6.45, 7) is 0. The van der Waals surface area contributed by atoms with Crippen LogP contribution in [0.1, 0.15) is 34.8 Å². The molecule has 3 aromatic rings. The van der Waals surface area contributed by atoms with Crippen LogP contribution >= 0.6 is 0 Å². The highest BCUT2D eigenvalue weighted by Gasteiger charge is 2.36. The molecule has 7 nitrogen and oxygen atoms in total. The molecule has 0 bridgehead atoms. The van der Waals surface area contributed by atoms with E-state index < -0.39 is 0 Å². The van der Waals surface area contributed by atoms with E-state index in [4.69, 9.17) is 0 Å². The van der Waals surface area contributed by atoms with Crippen LogP contribution in [-0.2, 0) is 7.05 Å². The molecule has 1 saturated carbocycles. The number of carbonyl (C=O) groups excluding carboxylic acids is 1. The summed E-state index contributed by atoms with van der Waals surface area (Å²) >= 11 is 0. The number of aliphatic hydroxyl groups excluding tert-OH is 1. The van der Waals surface area contributed by atoms with E-state index in [2.05, 4.69) is 20.4 Å². The molecule has 2 aromatic heterocycles. The van der Waals surface area contributed by atoms with Crippen LogP contribution < -0.4 is 5.32 Å². The van der Waals surface area contributed by atoms with Crippen molar-refractivity contribution < 1.29 is 9.90 Å². The number of fused-ring (bicyclic) bond motifs is 1. The second-order valence-corrected chi connectivity index (χ2v) is 6.51. The molecule has 0 aliphatic heterocycles. The number of nitrogens with zero attached hydrogens (tertiary/aromatic N) is 4. The molecule has 1 aliphatic carbocycles. The van der Waals surface area contributed by atoms with Crippen LogP contribution in [0.3, 0.4) is 0 Å². The standard InChI is InChI=1S/C18H19N5O2/c1-23-10-12(9-21-23)16(11-7-13(24)8-11)22-18(25)14-3-2-4-15-17(14)20-6-5-19-15/h2-6,9-11,13,16,24H,7-8H2,1H3,(H,22,25)/t11?,13?,16-/m1/s1. The minimum absolute atomic E-state index is 0.184. The fourth-order valence-corrected chi connectivity index (χ4v) is 3.37. The lowest BCUT2D eigenvalue weighted by Gasteiger charge is -2.37. The van der Waals surface area contributed by atoms with Gasteiger partial charge in [-0.15, -0.1) is 0 Å². The summed E-state index contributed by atoms with van der Waals surface area (Å²) in [6.07, 6.45) is 7.92. The highest BCUT2D eigenvalue weighted by atomic mass is 16.3. The Balaban J connectivity index is 1.64. The van der Waals surface area contributed by atoms with E-state index in [1.165, 1.54) is 0 Å². The third-order valence-electron chi connectivity index (χ3n) is 4.73. The van der Waals surface area contributed by atoms with Crippen molar-refractivity contribution in [3.05, 3.63) is 54.1 Å². The molecule has 1 atom stereocenters. The fraction of sp³-hybridized carbons (Fsp3) is 0.333. The summed E-state index contributed by atoms with van der Waals surface area (Å²) in [5.41, 5.74) is 2.71. The van der Waals surface area contributed by atoms with Crippen molar-refractivity contribution in [3.8, 4) is 0 Å². The van der Waals surface area contributed by atoms with Crippen molar-refractivity contribution >= 4 is 16.9 Å². The van der Waals surface area contributed by atoms with Crippen LogP contribution in [0.2, 0.25) is 0 Å². The van der Waals surface area contributed by atoms with Gasteiger partial charge in [0.15, 0.2) is 0 Å². The van der Waals surface area contributed by atoms with Gasteiger partial charge >= 0.3 is 0 Å². The number of carbonyl (C=O) groups is 1. The van der Waals surface area contributed by atoms with Crippen molar-refractivity contribution in [1.82, 2.24) is 25.1 Å². The Labute approximate surface area is 144 Å². The molecule has 7 heteroatoms.